The molecule has 0 fully saturated rings. The molecule has 0 radical (unpaired) electrons. The van der Waals surface area contributed by atoms with Gasteiger partial charge in [-0.2, -0.15) is 0 Å². The summed E-state index contributed by atoms with van der Waals surface area (Å²) in [6, 6.07) is 30.3. The van der Waals surface area contributed by atoms with Crippen molar-refractivity contribution in [2.45, 2.75) is 46.5 Å². The van der Waals surface area contributed by atoms with Gasteiger partial charge in [-0.15, -0.1) is 0 Å². The van der Waals surface area contributed by atoms with E-state index in [1.54, 1.807) is 0 Å². The van der Waals surface area contributed by atoms with Crippen molar-refractivity contribution in [3.8, 4) is 28.2 Å². The Balaban J connectivity index is 1.72. The standard InChI is InChI=1S/C34H32N2O/c1-21(2)27-18-25(24-11-7-6-8-12-24)19-28(22(3)4)33(27)36-31-14-10-9-13-30(31)35-34(36)29-20-37-32-17-23(5)15-16-26(29)32/h6-22H,1-5H3. The number of aromatic nitrogens is 2. The van der Waals surface area contributed by atoms with Gasteiger partial charge in [-0.1, -0.05) is 82.3 Å². The summed E-state index contributed by atoms with van der Waals surface area (Å²) < 4.78 is 8.42. The molecule has 4 aromatic carbocycles. The van der Waals surface area contributed by atoms with Crippen LogP contribution in [0.1, 0.15) is 56.2 Å². The number of fused-ring (bicyclic) bond motifs is 2. The van der Waals surface area contributed by atoms with Crippen molar-refractivity contribution in [2.24, 2.45) is 0 Å². The Bertz CT molecular complexity index is 1710. The van der Waals surface area contributed by atoms with Crippen LogP contribution in [-0.2, 0) is 0 Å². The molecule has 6 rings (SSSR count). The maximum atomic E-state index is 6.05. The summed E-state index contributed by atoms with van der Waals surface area (Å²) in [5, 5.41) is 1.08. The van der Waals surface area contributed by atoms with Gasteiger partial charge in [-0.3, -0.25) is 4.57 Å². The number of hydrogen-bond acceptors (Lipinski definition) is 2. The van der Waals surface area contributed by atoms with Crippen LogP contribution in [0.3, 0.4) is 0 Å². The van der Waals surface area contributed by atoms with Crippen molar-refractivity contribution in [1.29, 1.82) is 0 Å². The minimum atomic E-state index is 0.328. The Kier molecular flexibility index (Phi) is 5.72. The van der Waals surface area contributed by atoms with Crippen LogP contribution in [0.4, 0.5) is 0 Å². The third kappa shape index (κ3) is 3.95. The average Bonchev–Trinajstić information content (AvgIpc) is 3.49. The van der Waals surface area contributed by atoms with Gasteiger partial charge >= 0.3 is 0 Å². The molecule has 0 aliphatic heterocycles. The van der Waals surface area contributed by atoms with E-state index in [9.17, 15) is 0 Å². The van der Waals surface area contributed by atoms with Crippen molar-refractivity contribution in [1.82, 2.24) is 9.55 Å². The van der Waals surface area contributed by atoms with E-state index in [0.717, 1.165) is 33.4 Å². The van der Waals surface area contributed by atoms with E-state index in [1.807, 2.05) is 6.26 Å². The van der Waals surface area contributed by atoms with Crippen LogP contribution in [0, 0.1) is 6.92 Å². The lowest BCUT2D eigenvalue weighted by Gasteiger charge is -2.24. The summed E-state index contributed by atoms with van der Waals surface area (Å²) in [4.78, 5) is 5.19. The second kappa shape index (κ2) is 9.08. The summed E-state index contributed by atoms with van der Waals surface area (Å²) in [7, 11) is 0. The highest BCUT2D eigenvalue weighted by Gasteiger charge is 2.25. The SMILES string of the molecule is Cc1ccc2c(-c3nc4ccccc4n3-c3c(C(C)C)cc(-c4ccccc4)cc3C(C)C)coc2c1. The normalized spacial score (nSPS) is 11.9. The van der Waals surface area contributed by atoms with Gasteiger partial charge in [-0.05, 0) is 76.9 Å². The largest absolute Gasteiger partial charge is 0.464 e. The van der Waals surface area contributed by atoms with Crippen molar-refractivity contribution < 1.29 is 4.42 Å². The molecule has 0 aliphatic carbocycles. The van der Waals surface area contributed by atoms with Gasteiger partial charge in [0, 0.05) is 5.39 Å². The van der Waals surface area contributed by atoms with Crippen molar-refractivity contribution in [2.75, 3.05) is 0 Å². The third-order valence-electron chi connectivity index (χ3n) is 7.28. The zero-order chi connectivity index (χ0) is 25.7. The quantitative estimate of drug-likeness (QED) is 0.244. The zero-order valence-corrected chi connectivity index (χ0v) is 22.1. The molecule has 3 heteroatoms. The van der Waals surface area contributed by atoms with E-state index >= 15 is 0 Å². The van der Waals surface area contributed by atoms with E-state index in [-0.39, 0.29) is 0 Å². The van der Waals surface area contributed by atoms with Crippen LogP contribution >= 0.6 is 0 Å². The molecule has 184 valence electrons. The molecule has 0 atom stereocenters. The molecule has 0 amide bonds. The van der Waals surface area contributed by atoms with E-state index < -0.39 is 0 Å². The predicted octanol–water partition coefficient (Wildman–Crippen LogP) is 9.66. The second-order valence-corrected chi connectivity index (χ2v) is 10.6. The van der Waals surface area contributed by atoms with Crippen molar-refractivity contribution in [3.05, 3.63) is 108 Å². The lowest BCUT2D eigenvalue weighted by atomic mass is 9.88. The molecule has 0 bridgehead atoms. The first kappa shape index (κ1) is 23.3. The molecule has 0 saturated heterocycles. The van der Waals surface area contributed by atoms with Crippen LogP contribution in [-0.4, -0.2) is 9.55 Å². The number of rotatable bonds is 5. The first-order chi connectivity index (χ1) is 17.9. The highest BCUT2D eigenvalue weighted by atomic mass is 16.3. The molecular weight excluding hydrogens is 452 g/mol. The second-order valence-electron chi connectivity index (χ2n) is 10.6. The van der Waals surface area contributed by atoms with Crippen LogP contribution < -0.4 is 0 Å². The summed E-state index contributed by atoms with van der Waals surface area (Å²) in [6.45, 7) is 11.2. The zero-order valence-electron chi connectivity index (χ0n) is 22.1. The highest BCUT2D eigenvalue weighted by molar-refractivity contribution is 5.96. The molecule has 6 aromatic rings. The van der Waals surface area contributed by atoms with Crippen molar-refractivity contribution >= 4 is 22.0 Å². The van der Waals surface area contributed by atoms with E-state index in [4.69, 9.17) is 9.40 Å². The monoisotopic (exact) mass is 484 g/mol. The van der Waals surface area contributed by atoms with Gasteiger partial charge in [0.25, 0.3) is 0 Å². The first-order valence-corrected chi connectivity index (χ1v) is 13.1. The Morgan fingerprint density at radius 1 is 0.730 bits per heavy atom. The number of hydrogen-bond donors (Lipinski definition) is 0. The first-order valence-electron chi connectivity index (χ1n) is 13.1. The smallest absolute Gasteiger partial charge is 0.149 e. The summed E-state index contributed by atoms with van der Waals surface area (Å²) in [5.41, 5.74) is 11.5. The fraction of sp³-hybridized carbons (Fsp3) is 0.206. The average molecular weight is 485 g/mol. The molecular formula is C34H32N2O. The van der Waals surface area contributed by atoms with E-state index in [2.05, 4.69) is 124 Å². The molecule has 0 aliphatic rings. The Morgan fingerprint density at radius 3 is 2.11 bits per heavy atom. The van der Waals surface area contributed by atoms with Crippen LogP contribution in [0.15, 0.2) is 95.6 Å². The lowest BCUT2D eigenvalue weighted by Crippen LogP contribution is -2.09. The molecule has 2 heterocycles. The van der Waals surface area contributed by atoms with Gasteiger partial charge in [0.2, 0.25) is 0 Å². The Morgan fingerprint density at radius 2 is 1.41 bits per heavy atom. The van der Waals surface area contributed by atoms with E-state index in [1.165, 1.54) is 33.5 Å². The van der Waals surface area contributed by atoms with Gasteiger partial charge < -0.3 is 4.42 Å². The Hall–Kier alpha value is -4.11. The number of para-hydroxylation sites is 2. The van der Waals surface area contributed by atoms with Crippen molar-refractivity contribution in [3.63, 3.8) is 0 Å². The summed E-state index contributed by atoms with van der Waals surface area (Å²) in [5.74, 6) is 1.57. The van der Waals surface area contributed by atoms with E-state index in [0.29, 0.717) is 11.8 Å². The number of nitrogens with zero attached hydrogens (tertiary/aromatic N) is 2. The Labute approximate surface area is 218 Å². The number of imidazole rings is 1. The number of furan rings is 1. The molecule has 37 heavy (non-hydrogen) atoms. The lowest BCUT2D eigenvalue weighted by molar-refractivity contribution is 0.616. The fourth-order valence-corrected chi connectivity index (χ4v) is 5.36. The maximum Gasteiger partial charge on any atom is 0.149 e. The minimum absolute atomic E-state index is 0.328. The van der Waals surface area contributed by atoms with Crippen LogP contribution in [0.25, 0.3) is 50.2 Å². The third-order valence-corrected chi connectivity index (χ3v) is 7.28. The van der Waals surface area contributed by atoms with Crippen LogP contribution in [0.2, 0.25) is 0 Å². The minimum Gasteiger partial charge on any atom is -0.464 e. The molecule has 0 unspecified atom stereocenters. The topological polar surface area (TPSA) is 31.0 Å². The molecule has 0 saturated carbocycles. The summed E-state index contributed by atoms with van der Waals surface area (Å²) >= 11 is 0. The number of benzene rings is 4. The van der Waals surface area contributed by atoms with Gasteiger partial charge in [0.1, 0.15) is 17.7 Å². The summed E-state index contributed by atoms with van der Waals surface area (Å²) in [6.07, 6.45) is 1.87. The number of aryl methyl sites for hydroxylation is 1. The van der Waals surface area contributed by atoms with Crippen LogP contribution in [0.5, 0.6) is 0 Å². The highest BCUT2D eigenvalue weighted by Crippen LogP contribution is 2.41. The fourth-order valence-electron chi connectivity index (χ4n) is 5.36. The maximum absolute atomic E-state index is 6.05. The van der Waals surface area contributed by atoms with Gasteiger partial charge in [0.15, 0.2) is 0 Å². The molecule has 0 spiro atoms. The molecule has 3 nitrogen and oxygen atoms in total. The van der Waals surface area contributed by atoms with Gasteiger partial charge in [0.05, 0.1) is 22.3 Å². The molecule has 0 N–H and O–H groups in total. The molecule has 2 aromatic heterocycles. The van der Waals surface area contributed by atoms with Gasteiger partial charge in [-0.25, -0.2) is 4.98 Å². The predicted molar refractivity (Wildman–Crippen MR) is 155 cm³/mol.